The predicted octanol–water partition coefficient (Wildman–Crippen LogP) is 0.881. The lowest BCUT2D eigenvalue weighted by Gasteiger charge is -2.34. The first-order valence-electron chi connectivity index (χ1n) is 7.70. The molecule has 1 aliphatic heterocycles. The molecule has 0 aliphatic carbocycles. The molecular formula is C14H22N6O2. The molecule has 1 fully saturated rings. The van der Waals surface area contributed by atoms with E-state index in [2.05, 4.69) is 39.3 Å². The van der Waals surface area contributed by atoms with Crippen LogP contribution >= 0.6 is 0 Å². The Morgan fingerprint density at radius 2 is 1.82 bits per heavy atom. The van der Waals surface area contributed by atoms with Crippen molar-refractivity contribution in [2.75, 3.05) is 13.1 Å². The molecule has 3 rings (SSSR count). The minimum absolute atomic E-state index is 0.254. The maximum absolute atomic E-state index is 5.74. The van der Waals surface area contributed by atoms with Crippen molar-refractivity contribution in [1.29, 1.82) is 0 Å². The Kier molecular flexibility index (Phi) is 4.49. The van der Waals surface area contributed by atoms with Crippen LogP contribution in [0.15, 0.2) is 10.6 Å². The van der Waals surface area contributed by atoms with Crippen LogP contribution in [0.2, 0.25) is 0 Å². The second-order valence-electron chi connectivity index (χ2n) is 5.80. The molecule has 0 aromatic carbocycles. The van der Waals surface area contributed by atoms with Gasteiger partial charge in [0.25, 0.3) is 0 Å². The maximum Gasteiger partial charge on any atom is 0.237 e. The molecule has 0 N–H and O–H groups in total. The summed E-state index contributed by atoms with van der Waals surface area (Å²) >= 11 is 0. The van der Waals surface area contributed by atoms with Crippen LogP contribution in [-0.2, 0) is 24.2 Å². The summed E-state index contributed by atoms with van der Waals surface area (Å²) in [6.45, 7) is 9.25. The van der Waals surface area contributed by atoms with Crippen LogP contribution in [0, 0.1) is 0 Å². The van der Waals surface area contributed by atoms with Gasteiger partial charge in [0.15, 0.2) is 0 Å². The lowest BCUT2D eigenvalue weighted by molar-refractivity contribution is -0.0707. The molecule has 0 unspecified atom stereocenters. The van der Waals surface area contributed by atoms with Crippen LogP contribution in [-0.4, -0.2) is 55.4 Å². The molecule has 0 bridgehead atoms. The zero-order valence-corrected chi connectivity index (χ0v) is 13.3. The Bertz CT molecular complexity index is 600. The average Bonchev–Trinajstić information content (AvgIpc) is 3.07. The molecule has 8 nitrogen and oxygen atoms in total. The van der Waals surface area contributed by atoms with Gasteiger partial charge in [-0.15, -0.1) is 15.3 Å². The van der Waals surface area contributed by atoms with Crippen LogP contribution in [0.5, 0.6) is 0 Å². The number of morpholine rings is 1. The Hall–Kier alpha value is -1.80. The van der Waals surface area contributed by atoms with Crippen molar-refractivity contribution in [3.05, 3.63) is 23.7 Å². The van der Waals surface area contributed by atoms with Gasteiger partial charge in [-0.05, 0) is 13.8 Å². The van der Waals surface area contributed by atoms with Crippen molar-refractivity contribution in [2.24, 2.45) is 0 Å². The van der Waals surface area contributed by atoms with E-state index in [9.17, 15) is 0 Å². The highest BCUT2D eigenvalue weighted by Crippen LogP contribution is 2.13. The summed E-state index contributed by atoms with van der Waals surface area (Å²) < 4.78 is 13.0. The van der Waals surface area contributed by atoms with Crippen molar-refractivity contribution in [1.82, 2.24) is 30.1 Å². The van der Waals surface area contributed by atoms with Crippen LogP contribution in [0.4, 0.5) is 0 Å². The Morgan fingerprint density at radius 3 is 2.50 bits per heavy atom. The van der Waals surface area contributed by atoms with E-state index in [1.54, 1.807) is 4.68 Å². The van der Waals surface area contributed by atoms with E-state index < -0.39 is 0 Å². The number of rotatable bonds is 5. The van der Waals surface area contributed by atoms with Crippen molar-refractivity contribution in [3.8, 4) is 0 Å². The van der Waals surface area contributed by atoms with Gasteiger partial charge < -0.3 is 9.15 Å². The summed E-state index contributed by atoms with van der Waals surface area (Å²) in [5.41, 5.74) is 0.941. The normalized spacial score (nSPS) is 23.0. The summed E-state index contributed by atoms with van der Waals surface area (Å²) in [7, 11) is 0. The molecular weight excluding hydrogens is 284 g/mol. The molecule has 22 heavy (non-hydrogen) atoms. The molecule has 0 amide bonds. The van der Waals surface area contributed by atoms with E-state index in [0.29, 0.717) is 18.3 Å². The number of hydrogen-bond acceptors (Lipinski definition) is 7. The van der Waals surface area contributed by atoms with Gasteiger partial charge in [0.2, 0.25) is 11.8 Å². The zero-order chi connectivity index (χ0) is 15.5. The summed E-state index contributed by atoms with van der Waals surface area (Å²) in [5, 5.41) is 16.3. The summed E-state index contributed by atoms with van der Waals surface area (Å²) in [6, 6.07) is 0. The van der Waals surface area contributed by atoms with Crippen molar-refractivity contribution in [2.45, 2.75) is 52.5 Å². The molecule has 1 saturated heterocycles. The lowest BCUT2D eigenvalue weighted by Crippen LogP contribution is -2.44. The monoisotopic (exact) mass is 306 g/mol. The minimum Gasteiger partial charge on any atom is -0.423 e. The second-order valence-corrected chi connectivity index (χ2v) is 5.80. The first-order chi connectivity index (χ1) is 10.6. The van der Waals surface area contributed by atoms with Gasteiger partial charge in [-0.1, -0.05) is 12.1 Å². The third kappa shape index (κ3) is 3.69. The molecule has 0 saturated carbocycles. The van der Waals surface area contributed by atoms with E-state index in [-0.39, 0.29) is 12.2 Å². The lowest BCUT2D eigenvalue weighted by atomic mass is 10.2. The van der Waals surface area contributed by atoms with Gasteiger partial charge in [-0.3, -0.25) is 4.90 Å². The van der Waals surface area contributed by atoms with Crippen LogP contribution in [0.1, 0.15) is 38.2 Å². The highest BCUT2D eigenvalue weighted by Gasteiger charge is 2.22. The topological polar surface area (TPSA) is 82.1 Å². The molecule has 2 atom stereocenters. The van der Waals surface area contributed by atoms with Gasteiger partial charge in [0.1, 0.15) is 6.54 Å². The summed E-state index contributed by atoms with van der Waals surface area (Å²) in [4.78, 5) is 2.34. The van der Waals surface area contributed by atoms with Crippen molar-refractivity contribution < 1.29 is 9.15 Å². The smallest absolute Gasteiger partial charge is 0.237 e. The Morgan fingerprint density at radius 1 is 1.09 bits per heavy atom. The molecule has 0 radical (unpaired) electrons. The third-order valence-electron chi connectivity index (χ3n) is 3.58. The molecule has 2 aromatic heterocycles. The first-order valence-corrected chi connectivity index (χ1v) is 7.70. The molecule has 1 aliphatic rings. The zero-order valence-electron chi connectivity index (χ0n) is 13.3. The number of nitrogens with zero attached hydrogens (tertiary/aromatic N) is 6. The quantitative estimate of drug-likeness (QED) is 0.811. The van der Waals surface area contributed by atoms with Crippen LogP contribution < -0.4 is 0 Å². The fraction of sp³-hybridized carbons (Fsp3) is 0.714. The number of ether oxygens (including phenoxy) is 1. The summed E-state index contributed by atoms with van der Waals surface area (Å²) in [6.07, 6.45) is 3.18. The third-order valence-corrected chi connectivity index (χ3v) is 3.58. The molecule has 0 spiro atoms. The molecule has 2 aromatic rings. The van der Waals surface area contributed by atoms with Crippen LogP contribution in [0.3, 0.4) is 0 Å². The number of aryl methyl sites for hydroxylation is 1. The Labute approximate surface area is 129 Å². The highest BCUT2D eigenvalue weighted by molar-refractivity contribution is 4.95. The standard InChI is InChI=1S/C14H22N6O2/c1-4-13-16-17-14(22-13)9-20-8-12(15-18-20)7-19-5-10(2)21-11(3)6-19/h8,10-11H,4-7,9H2,1-3H3/t10-,11+. The van der Waals surface area contributed by atoms with Crippen LogP contribution in [0.25, 0.3) is 0 Å². The van der Waals surface area contributed by atoms with E-state index >= 15 is 0 Å². The highest BCUT2D eigenvalue weighted by atomic mass is 16.5. The van der Waals surface area contributed by atoms with Crippen molar-refractivity contribution >= 4 is 0 Å². The first kappa shape index (κ1) is 15.1. The van der Waals surface area contributed by atoms with Gasteiger partial charge in [-0.2, -0.15) is 0 Å². The molecule has 120 valence electrons. The summed E-state index contributed by atoms with van der Waals surface area (Å²) in [5.74, 6) is 1.20. The molecule has 3 heterocycles. The van der Waals surface area contributed by atoms with Crippen molar-refractivity contribution in [3.63, 3.8) is 0 Å². The maximum atomic E-state index is 5.74. The SMILES string of the molecule is CCc1nnc(Cn2cc(CN3C[C@@H](C)O[C@@H](C)C3)nn2)o1. The Balaban J connectivity index is 1.59. The van der Waals surface area contributed by atoms with E-state index in [4.69, 9.17) is 9.15 Å². The van der Waals surface area contributed by atoms with Gasteiger partial charge in [0, 0.05) is 26.1 Å². The second kappa shape index (κ2) is 6.53. The van der Waals surface area contributed by atoms with E-state index in [0.717, 1.165) is 31.7 Å². The fourth-order valence-corrected chi connectivity index (χ4v) is 2.76. The van der Waals surface area contributed by atoms with Gasteiger partial charge in [0.05, 0.1) is 24.1 Å². The largest absolute Gasteiger partial charge is 0.423 e. The fourth-order valence-electron chi connectivity index (χ4n) is 2.76. The number of aromatic nitrogens is 5. The predicted molar refractivity (Wildman–Crippen MR) is 78.1 cm³/mol. The van der Waals surface area contributed by atoms with Gasteiger partial charge >= 0.3 is 0 Å². The molecule has 8 heteroatoms. The minimum atomic E-state index is 0.254. The van der Waals surface area contributed by atoms with Gasteiger partial charge in [-0.25, -0.2) is 4.68 Å². The van der Waals surface area contributed by atoms with E-state index in [1.165, 1.54) is 0 Å². The van der Waals surface area contributed by atoms with E-state index in [1.807, 2.05) is 13.1 Å². The average molecular weight is 306 g/mol. The number of hydrogen-bond donors (Lipinski definition) is 0.